The van der Waals surface area contributed by atoms with E-state index in [9.17, 15) is 21.6 Å². The summed E-state index contributed by atoms with van der Waals surface area (Å²) in [6.07, 6.45) is -0.540. The van der Waals surface area contributed by atoms with Crippen molar-refractivity contribution in [2.75, 3.05) is 13.6 Å². The second-order valence-corrected chi connectivity index (χ2v) is 6.21. The van der Waals surface area contributed by atoms with Gasteiger partial charge in [0, 0.05) is 13.6 Å². The maximum atomic E-state index is 13.0. The van der Waals surface area contributed by atoms with Crippen LogP contribution in [-0.2, 0) is 10.0 Å². The Morgan fingerprint density at radius 3 is 2.16 bits per heavy atom. The highest BCUT2D eigenvalue weighted by Crippen LogP contribution is 2.20. The fourth-order valence-corrected chi connectivity index (χ4v) is 2.56. The van der Waals surface area contributed by atoms with Gasteiger partial charge in [-0.2, -0.15) is 0 Å². The molecule has 1 aromatic rings. The molecule has 0 aliphatic rings. The molecular formula is C11H14F3NO3S. The fourth-order valence-electron chi connectivity index (χ4n) is 1.35. The SMILES string of the molecule is CC(O)CCN(C)S(=O)(=O)c1cc(F)c(F)c(F)c1. The Kier molecular flexibility index (Phi) is 4.94. The highest BCUT2D eigenvalue weighted by Gasteiger charge is 2.24. The maximum absolute atomic E-state index is 13.0. The lowest BCUT2D eigenvalue weighted by atomic mass is 10.3. The molecule has 108 valence electrons. The Balaban J connectivity index is 3.07. The summed E-state index contributed by atoms with van der Waals surface area (Å²) in [5.41, 5.74) is 0. The van der Waals surface area contributed by atoms with Crippen molar-refractivity contribution >= 4 is 10.0 Å². The smallest absolute Gasteiger partial charge is 0.243 e. The first-order chi connectivity index (χ1) is 8.66. The van der Waals surface area contributed by atoms with Crippen LogP contribution >= 0.6 is 0 Å². The summed E-state index contributed by atoms with van der Waals surface area (Å²) < 4.78 is 63.5. The molecule has 0 fully saturated rings. The largest absolute Gasteiger partial charge is 0.393 e. The van der Waals surface area contributed by atoms with Gasteiger partial charge in [-0.1, -0.05) is 0 Å². The highest BCUT2D eigenvalue weighted by molar-refractivity contribution is 7.89. The van der Waals surface area contributed by atoms with E-state index in [2.05, 4.69) is 0 Å². The van der Waals surface area contributed by atoms with Gasteiger partial charge in [0.05, 0.1) is 11.0 Å². The molecule has 1 N–H and O–H groups in total. The maximum Gasteiger partial charge on any atom is 0.243 e. The highest BCUT2D eigenvalue weighted by atomic mass is 32.2. The summed E-state index contributed by atoms with van der Waals surface area (Å²) in [5.74, 6) is -4.85. The van der Waals surface area contributed by atoms with Gasteiger partial charge < -0.3 is 5.11 Å². The molecule has 1 aromatic carbocycles. The standard InChI is InChI=1S/C11H14F3NO3S/c1-7(16)3-4-15(2)19(17,18)8-5-9(12)11(14)10(13)6-8/h5-7,16H,3-4H2,1-2H3. The lowest BCUT2D eigenvalue weighted by Gasteiger charge is -2.18. The summed E-state index contributed by atoms with van der Waals surface area (Å²) >= 11 is 0. The second kappa shape index (κ2) is 5.89. The number of nitrogens with zero attached hydrogens (tertiary/aromatic N) is 1. The van der Waals surface area contributed by atoms with Crippen molar-refractivity contribution in [3.8, 4) is 0 Å². The molecule has 0 bridgehead atoms. The van der Waals surface area contributed by atoms with Crippen LogP contribution in [0.3, 0.4) is 0 Å². The Hall–Kier alpha value is -1.12. The van der Waals surface area contributed by atoms with Crippen LogP contribution in [0.25, 0.3) is 0 Å². The minimum atomic E-state index is -4.12. The number of aliphatic hydroxyl groups excluding tert-OH is 1. The third kappa shape index (κ3) is 3.68. The van der Waals surface area contributed by atoms with Crippen LogP contribution in [0.4, 0.5) is 13.2 Å². The van der Waals surface area contributed by atoms with Crippen LogP contribution in [0.1, 0.15) is 13.3 Å². The molecule has 4 nitrogen and oxygen atoms in total. The van der Waals surface area contributed by atoms with E-state index in [-0.39, 0.29) is 13.0 Å². The van der Waals surface area contributed by atoms with Gasteiger partial charge in [-0.3, -0.25) is 0 Å². The van der Waals surface area contributed by atoms with Crippen LogP contribution in [0.5, 0.6) is 0 Å². The average molecular weight is 297 g/mol. The predicted octanol–water partition coefficient (Wildman–Crippen LogP) is 1.50. The van der Waals surface area contributed by atoms with Crippen molar-refractivity contribution in [2.24, 2.45) is 0 Å². The van der Waals surface area contributed by atoms with Crippen LogP contribution in [-0.4, -0.2) is 37.5 Å². The van der Waals surface area contributed by atoms with Crippen molar-refractivity contribution in [2.45, 2.75) is 24.3 Å². The summed E-state index contributed by atoms with van der Waals surface area (Å²) in [4.78, 5) is -0.669. The minimum Gasteiger partial charge on any atom is -0.393 e. The quantitative estimate of drug-likeness (QED) is 0.838. The Labute approximate surface area is 109 Å². The number of sulfonamides is 1. The first kappa shape index (κ1) is 15.9. The van der Waals surface area contributed by atoms with Gasteiger partial charge in [0.2, 0.25) is 10.0 Å². The molecule has 0 heterocycles. The van der Waals surface area contributed by atoms with Gasteiger partial charge in [-0.25, -0.2) is 25.9 Å². The number of hydrogen-bond donors (Lipinski definition) is 1. The molecule has 8 heteroatoms. The second-order valence-electron chi connectivity index (χ2n) is 4.17. The van der Waals surface area contributed by atoms with Crippen molar-refractivity contribution in [3.05, 3.63) is 29.6 Å². The van der Waals surface area contributed by atoms with Gasteiger partial charge in [-0.15, -0.1) is 0 Å². The van der Waals surface area contributed by atoms with Gasteiger partial charge in [0.15, 0.2) is 17.5 Å². The molecular weight excluding hydrogens is 283 g/mol. The van der Waals surface area contributed by atoms with Crippen molar-refractivity contribution < 1.29 is 26.7 Å². The Morgan fingerprint density at radius 2 is 1.74 bits per heavy atom. The van der Waals surface area contributed by atoms with Gasteiger partial charge in [0.25, 0.3) is 0 Å². The van der Waals surface area contributed by atoms with Crippen LogP contribution in [0.15, 0.2) is 17.0 Å². The zero-order chi connectivity index (χ0) is 14.8. The van der Waals surface area contributed by atoms with Crippen LogP contribution < -0.4 is 0 Å². The summed E-state index contributed by atoms with van der Waals surface area (Å²) in [6.45, 7) is 1.46. The third-order valence-corrected chi connectivity index (χ3v) is 4.36. The van der Waals surface area contributed by atoms with Crippen molar-refractivity contribution in [1.29, 1.82) is 0 Å². The molecule has 0 amide bonds. The van der Waals surface area contributed by atoms with Crippen molar-refractivity contribution in [3.63, 3.8) is 0 Å². The zero-order valence-electron chi connectivity index (χ0n) is 10.4. The first-order valence-electron chi connectivity index (χ1n) is 5.45. The van der Waals surface area contributed by atoms with E-state index >= 15 is 0 Å². The normalized spacial score (nSPS) is 13.8. The minimum absolute atomic E-state index is 0.0272. The van der Waals surface area contributed by atoms with E-state index in [0.717, 1.165) is 4.31 Å². The lowest BCUT2D eigenvalue weighted by molar-refractivity contribution is 0.177. The summed E-state index contributed by atoms with van der Waals surface area (Å²) in [7, 11) is -2.92. The zero-order valence-corrected chi connectivity index (χ0v) is 11.2. The summed E-state index contributed by atoms with van der Waals surface area (Å²) in [5, 5.41) is 9.07. The topological polar surface area (TPSA) is 57.6 Å². The number of rotatable bonds is 5. The first-order valence-corrected chi connectivity index (χ1v) is 6.89. The van der Waals surface area contributed by atoms with Gasteiger partial charge in [0.1, 0.15) is 0 Å². The Bertz CT molecular complexity index is 537. The molecule has 0 aromatic heterocycles. The monoisotopic (exact) mass is 297 g/mol. The number of benzene rings is 1. The fraction of sp³-hybridized carbons (Fsp3) is 0.455. The van der Waals surface area contributed by atoms with Crippen molar-refractivity contribution in [1.82, 2.24) is 4.31 Å². The number of aliphatic hydroxyl groups is 1. The van der Waals surface area contributed by atoms with E-state index in [1.807, 2.05) is 0 Å². The molecule has 1 unspecified atom stereocenters. The lowest BCUT2D eigenvalue weighted by Crippen LogP contribution is -2.29. The van der Waals surface area contributed by atoms with E-state index in [1.165, 1.54) is 14.0 Å². The molecule has 0 spiro atoms. The molecule has 0 aliphatic carbocycles. The molecule has 1 atom stereocenters. The van der Waals surface area contributed by atoms with E-state index in [4.69, 9.17) is 5.11 Å². The van der Waals surface area contributed by atoms with E-state index in [1.54, 1.807) is 0 Å². The molecule has 0 aliphatic heterocycles. The summed E-state index contributed by atoms with van der Waals surface area (Å²) in [6, 6.07) is 0.846. The van der Waals surface area contributed by atoms with Gasteiger partial charge in [-0.05, 0) is 25.5 Å². The third-order valence-electron chi connectivity index (χ3n) is 2.53. The number of halogens is 3. The molecule has 0 saturated heterocycles. The number of hydrogen-bond acceptors (Lipinski definition) is 3. The Morgan fingerprint density at radius 1 is 1.26 bits per heavy atom. The van der Waals surface area contributed by atoms with E-state index in [0.29, 0.717) is 12.1 Å². The molecule has 0 radical (unpaired) electrons. The molecule has 1 rings (SSSR count). The molecule has 0 saturated carbocycles. The van der Waals surface area contributed by atoms with Crippen LogP contribution in [0.2, 0.25) is 0 Å². The average Bonchev–Trinajstić information content (AvgIpc) is 2.31. The van der Waals surface area contributed by atoms with Gasteiger partial charge >= 0.3 is 0 Å². The molecule has 19 heavy (non-hydrogen) atoms. The predicted molar refractivity (Wildman–Crippen MR) is 62.4 cm³/mol. The van der Waals surface area contributed by atoms with Crippen LogP contribution in [0, 0.1) is 17.5 Å². The van der Waals surface area contributed by atoms with E-state index < -0.39 is 38.5 Å².